The highest BCUT2D eigenvalue weighted by atomic mass is 16.5. The maximum Gasteiger partial charge on any atom is 0.336 e. The number of ether oxygens (including phenoxy) is 1. The molecule has 3 aromatic heterocycles. The fourth-order valence-corrected chi connectivity index (χ4v) is 3.47. The van der Waals surface area contributed by atoms with Gasteiger partial charge in [-0.25, -0.2) is 14.3 Å². The maximum absolute atomic E-state index is 12.5. The minimum Gasteiger partial charge on any atom is -0.508 e. The molecule has 0 fully saturated rings. The van der Waals surface area contributed by atoms with E-state index in [1.54, 1.807) is 17.5 Å². The minimum atomic E-state index is -0.579. The summed E-state index contributed by atoms with van der Waals surface area (Å²) in [6, 6.07) is 4.45. The number of esters is 1. The summed E-state index contributed by atoms with van der Waals surface area (Å²) < 4.78 is 12.2. The summed E-state index contributed by atoms with van der Waals surface area (Å²) >= 11 is 0. The number of phenolic OH excluding ortho intramolecular Hbond substituents is 1. The molecule has 154 valence electrons. The Balaban J connectivity index is 1.59. The molecule has 0 saturated carbocycles. The van der Waals surface area contributed by atoms with Crippen LogP contribution < -0.4 is 5.63 Å². The smallest absolute Gasteiger partial charge is 0.336 e. The first-order valence-corrected chi connectivity index (χ1v) is 9.47. The lowest BCUT2D eigenvalue weighted by Crippen LogP contribution is -2.14. The molecule has 4 aromatic rings. The summed E-state index contributed by atoms with van der Waals surface area (Å²) in [4.78, 5) is 32.8. The van der Waals surface area contributed by atoms with Crippen molar-refractivity contribution < 1.29 is 19.1 Å². The molecule has 0 amide bonds. The van der Waals surface area contributed by atoms with Gasteiger partial charge in [0.25, 0.3) is 5.78 Å². The third-order valence-electron chi connectivity index (χ3n) is 5.11. The molecule has 3 heterocycles. The number of benzene rings is 1. The van der Waals surface area contributed by atoms with E-state index in [9.17, 15) is 14.7 Å². The summed E-state index contributed by atoms with van der Waals surface area (Å²) in [7, 11) is 0. The lowest BCUT2D eigenvalue weighted by molar-refractivity contribution is -0.144. The van der Waals surface area contributed by atoms with Crippen LogP contribution in [0.2, 0.25) is 0 Å². The van der Waals surface area contributed by atoms with Gasteiger partial charge in [-0.3, -0.25) is 4.79 Å². The van der Waals surface area contributed by atoms with E-state index in [-0.39, 0.29) is 24.4 Å². The standard InChI is InChI=1S/C21H20N4O5/c1-4-13-5-16-14(6-20(28)30-18(16)8-17(13)26)9-29-19(27)7-15-11(2)24-21-22-10-23-25(21)12(15)3/h5-6,8,10,26H,4,7,9H2,1-3H3. The molecular weight excluding hydrogens is 388 g/mol. The first kappa shape index (κ1) is 19.6. The molecule has 0 saturated heterocycles. The van der Waals surface area contributed by atoms with Gasteiger partial charge in [0.05, 0.1) is 6.42 Å². The van der Waals surface area contributed by atoms with Gasteiger partial charge in [-0.2, -0.15) is 10.1 Å². The number of carbonyl (C=O) groups is 1. The van der Waals surface area contributed by atoms with Crippen LogP contribution in [-0.2, 0) is 29.0 Å². The number of hydrogen-bond acceptors (Lipinski definition) is 8. The Morgan fingerprint density at radius 3 is 2.80 bits per heavy atom. The first-order valence-electron chi connectivity index (χ1n) is 9.47. The Kier molecular flexibility index (Phi) is 4.94. The van der Waals surface area contributed by atoms with E-state index in [0.29, 0.717) is 40.0 Å². The Morgan fingerprint density at radius 2 is 2.03 bits per heavy atom. The van der Waals surface area contributed by atoms with Crippen molar-refractivity contribution in [3.63, 3.8) is 0 Å². The van der Waals surface area contributed by atoms with Crippen molar-refractivity contribution in [2.45, 2.75) is 40.2 Å². The number of carbonyl (C=O) groups excluding carboxylic acids is 1. The molecular formula is C21H20N4O5. The van der Waals surface area contributed by atoms with Gasteiger partial charge in [-0.1, -0.05) is 6.92 Å². The van der Waals surface area contributed by atoms with Crippen molar-refractivity contribution in [2.75, 3.05) is 0 Å². The Labute approximate surface area is 171 Å². The number of aromatic hydroxyl groups is 1. The second-order valence-electron chi connectivity index (χ2n) is 6.99. The normalized spacial score (nSPS) is 11.3. The van der Waals surface area contributed by atoms with Crippen molar-refractivity contribution in [1.29, 1.82) is 0 Å². The second-order valence-corrected chi connectivity index (χ2v) is 6.99. The number of hydrogen-bond donors (Lipinski definition) is 1. The van der Waals surface area contributed by atoms with Crippen molar-refractivity contribution in [2.24, 2.45) is 0 Å². The number of rotatable bonds is 5. The van der Waals surface area contributed by atoms with E-state index in [1.807, 2.05) is 13.8 Å². The molecule has 0 aliphatic carbocycles. The molecule has 1 aromatic carbocycles. The summed E-state index contributed by atoms with van der Waals surface area (Å²) in [5, 5.41) is 14.8. The van der Waals surface area contributed by atoms with Crippen molar-refractivity contribution >= 4 is 22.7 Å². The van der Waals surface area contributed by atoms with Crippen LogP contribution in [0, 0.1) is 13.8 Å². The molecule has 4 rings (SSSR count). The van der Waals surface area contributed by atoms with Crippen molar-refractivity contribution in [3.8, 4) is 5.75 Å². The molecule has 1 N–H and O–H groups in total. The molecule has 0 unspecified atom stereocenters. The lowest BCUT2D eigenvalue weighted by Gasteiger charge is -2.11. The van der Waals surface area contributed by atoms with Crippen LogP contribution in [0.4, 0.5) is 0 Å². The van der Waals surface area contributed by atoms with E-state index in [4.69, 9.17) is 9.15 Å². The van der Waals surface area contributed by atoms with E-state index in [0.717, 1.165) is 5.69 Å². The lowest BCUT2D eigenvalue weighted by atomic mass is 10.0. The molecule has 9 nitrogen and oxygen atoms in total. The van der Waals surface area contributed by atoms with Crippen LogP contribution in [-0.4, -0.2) is 30.7 Å². The highest BCUT2D eigenvalue weighted by Gasteiger charge is 2.16. The molecule has 0 bridgehead atoms. The fraction of sp³-hybridized carbons (Fsp3) is 0.286. The molecule has 0 atom stereocenters. The minimum absolute atomic E-state index is 0.0147. The van der Waals surface area contributed by atoms with Gasteiger partial charge in [0.2, 0.25) is 0 Å². The largest absolute Gasteiger partial charge is 0.508 e. The zero-order chi connectivity index (χ0) is 21.4. The Morgan fingerprint density at radius 1 is 1.23 bits per heavy atom. The molecule has 0 spiro atoms. The Hall–Kier alpha value is -3.75. The number of aromatic nitrogens is 4. The average Bonchev–Trinajstić information content (AvgIpc) is 3.17. The van der Waals surface area contributed by atoms with E-state index >= 15 is 0 Å². The van der Waals surface area contributed by atoms with Gasteiger partial charge in [0.15, 0.2) is 0 Å². The van der Waals surface area contributed by atoms with Crippen LogP contribution in [0.15, 0.2) is 33.7 Å². The van der Waals surface area contributed by atoms with Crippen molar-refractivity contribution in [1.82, 2.24) is 19.6 Å². The van der Waals surface area contributed by atoms with Gasteiger partial charge in [0.1, 0.15) is 24.3 Å². The highest BCUT2D eigenvalue weighted by molar-refractivity contribution is 5.83. The zero-order valence-electron chi connectivity index (χ0n) is 16.8. The average molecular weight is 408 g/mol. The van der Waals surface area contributed by atoms with Gasteiger partial charge >= 0.3 is 11.6 Å². The number of aryl methyl sites for hydroxylation is 3. The summed E-state index contributed by atoms with van der Waals surface area (Å²) in [5.41, 5.74) is 3.05. The third kappa shape index (κ3) is 3.49. The van der Waals surface area contributed by atoms with E-state index in [1.165, 1.54) is 18.5 Å². The maximum atomic E-state index is 12.5. The van der Waals surface area contributed by atoms with E-state index in [2.05, 4.69) is 15.1 Å². The molecule has 0 aliphatic heterocycles. The predicted molar refractivity (Wildman–Crippen MR) is 107 cm³/mol. The van der Waals surface area contributed by atoms with Crippen LogP contribution in [0.3, 0.4) is 0 Å². The molecule has 9 heteroatoms. The number of fused-ring (bicyclic) bond motifs is 2. The van der Waals surface area contributed by atoms with Gasteiger partial charge in [0, 0.05) is 40.0 Å². The SMILES string of the molecule is CCc1cc2c(COC(=O)Cc3c(C)nc4ncnn4c3C)cc(=O)oc2cc1O. The van der Waals surface area contributed by atoms with E-state index < -0.39 is 11.6 Å². The Bertz CT molecular complexity index is 1340. The van der Waals surface area contributed by atoms with Crippen LogP contribution in [0.5, 0.6) is 5.75 Å². The summed E-state index contributed by atoms with van der Waals surface area (Å²) in [6.07, 6.45) is 2.03. The zero-order valence-corrected chi connectivity index (χ0v) is 16.8. The highest BCUT2D eigenvalue weighted by Crippen LogP contribution is 2.27. The van der Waals surface area contributed by atoms with Crippen LogP contribution in [0.25, 0.3) is 16.7 Å². The summed E-state index contributed by atoms with van der Waals surface area (Å²) in [6.45, 7) is 5.46. The topological polar surface area (TPSA) is 120 Å². The third-order valence-corrected chi connectivity index (χ3v) is 5.11. The molecule has 0 radical (unpaired) electrons. The van der Waals surface area contributed by atoms with Crippen molar-refractivity contribution in [3.05, 3.63) is 63.0 Å². The van der Waals surface area contributed by atoms with Gasteiger partial charge in [-0.15, -0.1) is 0 Å². The van der Waals surface area contributed by atoms with Gasteiger partial charge in [-0.05, 0) is 31.9 Å². The molecule has 30 heavy (non-hydrogen) atoms. The first-order chi connectivity index (χ1) is 14.4. The van der Waals surface area contributed by atoms with Crippen LogP contribution in [0.1, 0.15) is 35.0 Å². The monoisotopic (exact) mass is 408 g/mol. The van der Waals surface area contributed by atoms with Gasteiger partial charge < -0.3 is 14.3 Å². The van der Waals surface area contributed by atoms with Crippen LogP contribution >= 0.6 is 0 Å². The second kappa shape index (κ2) is 7.58. The number of nitrogens with zero attached hydrogens (tertiary/aromatic N) is 4. The number of phenols is 1. The molecule has 0 aliphatic rings. The summed E-state index contributed by atoms with van der Waals surface area (Å²) in [5.74, 6) is 0.0715. The quantitative estimate of drug-likeness (QED) is 0.395. The fourth-order valence-electron chi connectivity index (χ4n) is 3.47. The predicted octanol–water partition coefficient (Wildman–Crippen LogP) is 2.40.